The van der Waals surface area contributed by atoms with E-state index >= 15 is 0 Å². The van der Waals surface area contributed by atoms with E-state index < -0.39 is 17.2 Å². The Morgan fingerprint density at radius 1 is 1.47 bits per heavy atom. The van der Waals surface area contributed by atoms with Gasteiger partial charge in [0.1, 0.15) is 0 Å². The summed E-state index contributed by atoms with van der Waals surface area (Å²) in [6.45, 7) is 1.70. The van der Waals surface area contributed by atoms with Crippen molar-refractivity contribution in [3.63, 3.8) is 0 Å². The number of aliphatic carboxylic acids is 1. The van der Waals surface area contributed by atoms with E-state index in [1.807, 2.05) is 4.98 Å². The van der Waals surface area contributed by atoms with Crippen LogP contribution in [0.2, 0.25) is 0 Å². The number of carboxylic acids is 1. The van der Waals surface area contributed by atoms with Gasteiger partial charge in [0, 0.05) is 4.88 Å². The summed E-state index contributed by atoms with van der Waals surface area (Å²) < 4.78 is 0.499. The second kappa shape index (κ2) is 5.36. The van der Waals surface area contributed by atoms with Crippen LogP contribution in [0, 0.1) is 6.92 Å². The Morgan fingerprint density at radius 3 is 2.84 bits per heavy atom. The highest BCUT2D eigenvalue weighted by molar-refractivity contribution is 8.01. The first kappa shape index (κ1) is 13.5. The Bertz CT molecular complexity index is 732. The van der Waals surface area contributed by atoms with Crippen LogP contribution in [-0.4, -0.2) is 31.2 Å². The van der Waals surface area contributed by atoms with Gasteiger partial charge in [-0.05, 0) is 18.7 Å². The van der Waals surface area contributed by atoms with E-state index in [1.165, 1.54) is 11.3 Å². The molecule has 2 rings (SSSR count). The molecule has 0 unspecified atom stereocenters. The molecule has 0 saturated carbocycles. The van der Waals surface area contributed by atoms with E-state index in [0.717, 1.165) is 11.8 Å². The third-order valence-corrected chi connectivity index (χ3v) is 4.24. The number of hydrogen-bond donors (Lipinski definition) is 3. The maximum atomic E-state index is 11.4. The predicted molar refractivity (Wildman–Crippen MR) is 67.8 cm³/mol. The van der Waals surface area contributed by atoms with Gasteiger partial charge in [-0.2, -0.15) is 5.10 Å². The molecule has 3 N–H and O–H groups in total. The molecule has 0 atom stereocenters. The summed E-state index contributed by atoms with van der Waals surface area (Å²) in [5.41, 5.74) is -0.687. The number of aromatic amines is 2. The first-order valence-electron chi connectivity index (χ1n) is 5.00. The Balaban J connectivity index is 2.26. The SMILES string of the molecule is Cc1nc(Sc2n[nH]c(=O)[nH]c2=O)sc1CC(=O)O. The zero-order valence-corrected chi connectivity index (χ0v) is 11.2. The van der Waals surface area contributed by atoms with E-state index in [2.05, 4.69) is 15.2 Å². The quantitative estimate of drug-likeness (QED) is 0.724. The minimum absolute atomic E-state index is 0.0511. The lowest BCUT2D eigenvalue weighted by Crippen LogP contribution is -2.24. The van der Waals surface area contributed by atoms with Crippen molar-refractivity contribution in [3.05, 3.63) is 31.4 Å². The van der Waals surface area contributed by atoms with Crippen LogP contribution in [0.25, 0.3) is 0 Å². The Hall–Kier alpha value is -1.94. The topological polar surface area (TPSA) is 129 Å². The maximum absolute atomic E-state index is 11.4. The Morgan fingerprint density at radius 2 is 2.21 bits per heavy atom. The van der Waals surface area contributed by atoms with Crippen molar-refractivity contribution in [2.24, 2.45) is 0 Å². The molecule has 19 heavy (non-hydrogen) atoms. The summed E-state index contributed by atoms with van der Waals surface area (Å²) in [6.07, 6.45) is -0.112. The van der Waals surface area contributed by atoms with Crippen molar-refractivity contribution in [1.82, 2.24) is 20.2 Å². The van der Waals surface area contributed by atoms with Crippen LogP contribution in [0.3, 0.4) is 0 Å². The van der Waals surface area contributed by atoms with Gasteiger partial charge in [0.2, 0.25) is 0 Å². The number of hydrogen-bond acceptors (Lipinski definition) is 7. The largest absolute Gasteiger partial charge is 0.481 e. The number of nitrogens with zero attached hydrogens (tertiary/aromatic N) is 2. The smallest absolute Gasteiger partial charge is 0.342 e. The first-order chi connectivity index (χ1) is 8.95. The average molecular weight is 300 g/mol. The lowest BCUT2D eigenvalue weighted by atomic mass is 10.3. The highest BCUT2D eigenvalue weighted by Crippen LogP contribution is 2.30. The molecule has 0 aliphatic carbocycles. The number of nitrogens with one attached hydrogen (secondary N) is 2. The second-order valence-corrected chi connectivity index (χ2v) is 5.79. The minimum atomic E-state index is -0.941. The van der Waals surface area contributed by atoms with Crippen LogP contribution in [0.15, 0.2) is 19.0 Å². The van der Waals surface area contributed by atoms with E-state index in [1.54, 1.807) is 6.92 Å². The van der Waals surface area contributed by atoms with Crippen molar-refractivity contribution < 1.29 is 9.90 Å². The standard InChI is InChI=1S/C9H8N4O4S2/c1-3-4(2-5(14)15)18-9(10-3)19-7-6(16)11-8(17)13-12-7/h2H2,1H3,(H,14,15)(H2,11,13,16,17). The summed E-state index contributed by atoms with van der Waals surface area (Å²) >= 11 is 2.16. The normalized spacial score (nSPS) is 10.6. The van der Waals surface area contributed by atoms with E-state index in [0.29, 0.717) is 14.9 Å². The number of thiazole rings is 1. The summed E-state index contributed by atoms with van der Waals surface area (Å²) in [5.74, 6) is -0.941. The molecule has 2 aromatic heterocycles. The number of carboxylic acid groups (broad SMARTS) is 1. The number of carbonyl (C=O) groups is 1. The number of aryl methyl sites for hydroxylation is 1. The molecule has 0 radical (unpaired) electrons. The van der Waals surface area contributed by atoms with Crippen LogP contribution in [-0.2, 0) is 11.2 Å². The molecular weight excluding hydrogens is 292 g/mol. The lowest BCUT2D eigenvalue weighted by Gasteiger charge is -1.93. The lowest BCUT2D eigenvalue weighted by molar-refractivity contribution is -0.136. The van der Waals surface area contributed by atoms with Gasteiger partial charge in [-0.1, -0.05) is 0 Å². The molecule has 0 aliphatic heterocycles. The van der Waals surface area contributed by atoms with E-state index in [-0.39, 0.29) is 11.4 Å². The molecule has 0 amide bonds. The second-order valence-electron chi connectivity index (χ2n) is 3.47. The minimum Gasteiger partial charge on any atom is -0.481 e. The van der Waals surface area contributed by atoms with E-state index in [4.69, 9.17) is 5.11 Å². The van der Waals surface area contributed by atoms with Crippen LogP contribution in [0.4, 0.5) is 0 Å². The fourth-order valence-electron chi connectivity index (χ4n) is 1.24. The molecule has 0 aromatic carbocycles. The summed E-state index contributed by atoms with van der Waals surface area (Å²) in [7, 11) is 0. The number of aromatic nitrogens is 4. The molecule has 2 heterocycles. The first-order valence-corrected chi connectivity index (χ1v) is 6.64. The predicted octanol–water partition coefficient (Wildman–Crippen LogP) is 0.00142. The van der Waals surface area contributed by atoms with Crippen molar-refractivity contribution in [3.8, 4) is 0 Å². The molecule has 8 nitrogen and oxygen atoms in total. The molecule has 100 valence electrons. The Labute approximate surface area is 113 Å². The number of H-pyrrole nitrogens is 2. The van der Waals surface area contributed by atoms with Gasteiger partial charge < -0.3 is 5.11 Å². The molecule has 0 spiro atoms. The molecular formula is C9H8N4O4S2. The number of rotatable bonds is 4. The van der Waals surface area contributed by atoms with Crippen molar-refractivity contribution in [2.45, 2.75) is 22.7 Å². The zero-order valence-electron chi connectivity index (χ0n) is 9.59. The average Bonchev–Trinajstić information content (AvgIpc) is 2.62. The van der Waals surface area contributed by atoms with Gasteiger partial charge in [0.05, 0.1) is 12.1 Å². The maximum Gasteiger partial charge on any atom is 0.342 e. The van der Waals surface area contributed by atoms with Gasteiger partial charge in [-0.15, -0.1) is 11.3 Å². The van der Waals surface area contributed by atoms with Crippen LogP contribution in [0.5, 0.6) is 0 Å². The summed E-state index contributed by atoms with van der Waals surface area (Å²) in [6, 6.07) is 0. The van der Waals surface area contributed by atoms with Gasteiger partial charge >= 0.3 is 11.7 Å². The highest BCUT2D eigenvalue weighted by atomic mass is 32.2. The van der Waals surface area contributed by atoms with Crippen LogP contribution in [0.1, 0.15) is 10.6 Å². The zero-order chi connectivity index (χ0) is 14.0. The molecule has 0 bridgehead atoms. The molecule has 0 saturated heterocycles. The highest BCUT2D eigenvalue weighted by Gasteiger charge is 2.14. The molecule has 10 heteroatoms. The fraction of sp³-hybridized carbons (Fsp3) is 0.222. The Kier molecular flexibility index (Phi) is 3.81. The van der Waals surface area contributed by atoms with Gasteiger partial charge in [-0.3, -0.25) is 14.6 Å². The van der Waals surface area contributed by atoms with Crippen molar-refractivity contribution in [2.75, 3.05) is 0 Å². The van der Waals surface area contributed by atoms with Crippen molar-refractivity contribution >= 4 is 29.1 Å². The molecule has 0 aliphatic rings. The summed E-state index contributed by atoms with van der Waals surface area (Å²) in [5, 5.41) is 14.5. The van der Waals surface area contributed by atoms with E-state index in [9.17, 15) is 14.4 Å². The van der Waals surface area contributed by atoms with Crippen molar-refractivity contribution in [1.29, 1.82) is 0 Å². The van der Waals surface area contributed by atoms with Gasteiger partial charge in [0.15, 0.2) is 9.37 Å². The monoisotopic (exact) mass is 300 g/mol. The van der Waals surface area contributed by atoms with Crippen LogP contribution >= 0.6 is 23.1 Å². The fourth-order valence-corrected chi connectivity index (χ4v) is 3.31. The third-order valence-electron chi connectivity index (χ3n) is 2.05. The summed E-state index contributed by atoms with van der Waals surface area (Å²) in [4.78, 5) is 39.7. The third kappa shape index (κ3) is 3.29. The molecule has 0 fully saturated rings. The van der Waals surface area contributed by atoms with Gasteiger partial charge in [0.25, 0.3) is 5.56 Å². The molecule has 2 aromatic rings. The van der Waals surface area contributed by atoms with Gasteiger partial charge in [-0.25, -0.2) is 14.9 Å². The van der Waals surface area contributed by atoms with Crippen LogP contribution < -0.4 is 11.2 Å².